The molecule has 2 saturated heterocycles. The Morgan fingerprint density at radius 3 is 2.57 bits per heavy atom. The van der Waals surface area contributed by atoms with E-state index in [1.165, 1.54) is 11.1 Å². The highest BCUT2D eigenvalue weighted by atomic mass is 16.5. The average molecular weight is 316 g/mol. The molecular formula is C18H24N2O3. The van der Waals surface area contributed by atoms with Gasteiger partial charge < -0.3 is 19.6 Å². The second-order valence-corrected chi connectivity index (χ2v) is 7.43. The number of carbonyl (C=O) groups excluding carboxylic acids is 1. The van der Waals surface area contributed by atoms with E-state index in [2.05, 4.69) is 30.1 Å². The van der Waals surface area contributed by atoms with E-state index < -0.39 is 5.60 Å². The van der Waals surface area contributed by atoms with E-state index in [0.29, 0.717) is 13.1 Å². The van der Waals surface area contributed by atoms with Crippen LogP contribution in [0.25, 0.3) is 0 Å². The summed E-state index contributed by atoms with van der Waals surface area (Å²) in [6.45, 7) is 3.64. The van der Waals surface area contributed by atoms with Gasteiger partial charge >= 0.3 is 0 Å². The number of piperidine rings is 1. The van der Waals surface area contributed by atoms with Gasteiger partial charge in [0.05, 0.1) is 13.2 Å². The minimum atomic E-state index is -1.31. The summed E-state index contributed by atoms with van der Waals surface area (Å²) in [6.07, 6.45) is 2.11. The van der Waals surface area contributed by atoms with E-state index in [1.807, 2.05) is 11.0 Å². The molecule has 1 N–H and O–H groups in total. The molecule has 1 amide bonds. The van der Waals surface area contributed by atoms with Gasteiger partial charge in [-0.15, -0.1) is 0 Å². The number of nitrogens with zero attached hydrogens (tertiary/aromatic N) is 2. The number of amides is 1. The fraction of sp³-hybridized carbons (Fsp3) is 0.611. The lowest BCUT2D eigenvalue weighted by Gasteiger charge is -2.50. The number of likely N-dealkylation sites (tertiary alicyclic amines) is 1. The van der Waals surface area contributed by atoms with Gasteiger partial charge in [-0.05, 0) is 44.1 Å². The third-order valence-electron chi connectivity index (χ3n) is 5.75. The fourth-order valence-corrected chi connectivity index (χ4v) is 4.22. The minimum Gasteiger partial charge on any atom is -0.376 e. The Morgan fingerprint density at radius 2 is 1.91 bits per heavy atom. The summed E-state index contributed by atoms with van der Waals surface area (Å²) in [5.74, 6) is -0.170. The number of fused-ring (bicyclic) bond motifs is 2. The maximum absolute atomic E-state index is 12.8. The van der Waals surface area contributed by atoms with Gasteiger partial charge in [-0.2, -0.15) is 0 Å². The van der Waals surface area contributed by atoms with Crippen molar-refractivity contribution in [3.05, 3.63) is 35.4 Å². The molecule has 1 aromatic carbocycles. The highest BCUT2D eigenvalue weighted by Gasteiger charge is 2.50. The Bertz CT molecular complexity index is 618. The molecular weight excluding hydrogens is 292 g/mol. The highest BCUT2D eigenvalue weighted by Crippen LogP contribution is 2.42. The SMILES string of the molecule is CN1CCC2(CC1)CN(C(=O)C1(O)COC1)Cc1ccccc12. The average Bonchev–Trinajstić information content (AvgIpc) is 2.55. The lowest BCUT2D eigenvalue weighted by Crippen LogP contribution is -2.63. The fourth-order valence-electron chi connectivity index (χ4n) is 4.22. The number of rotatable bonds is 1. The highest BCUT2D eigenvalue weighted by molar-refractivity contribution is 5.86. The van der Waals surface area contributed by atoms with Crippen LogP contribution in [0.4, 0.5) is 0 Å². The Morgan fingerprint density at radius 1 is 1.22 bits per heavy atom. The lowest BCUT2D eigenvalue weighted by atomic mass is 9.68. The predicted octanol–water partition coefficient (Wildman–Crippen LogP) is 0.754. The smallest absolute Gasteiger partial charge is 0.259 e. The standard InChI is InChI=1S/C18H24N2O3/c1-19-8-6-17(7-9-19)11-20(16(21)18(22)12-23-13-18)10-14-4-2-3-5-15(14)17/h2-5,22H,6-13H2,1H3. The van der Waals surface area contributed by atoms with Gasteiger partial charge in [0.2, 0.25) is 0 Å². The third-order valence-corrected chi connectivity index (χ3v) is 5.75. The molecule has 3 heterocycles. The second-order valence-electron chi connectivity index (χ2n) is 7.43. The van der Waals surface area contributed by atoms with Crippen LogP contribution in [-0.4, -0.2) is 66.3 Å². The summed E-state index contributed by atoms with van der Waals surface area (Å²) in [7, 11) is 2.15. The van der Waals surface area contributed by atoms with Crippen molar-refractivity contribution in [3.8, 4) is 0 Å². The molecule has 3 aliphatic heterocycles. The van der Waals surface area contributed by atoms with Gasteiger partial charge in [-0.3, -0.25) is 4.79 Å². The van der Waals surface area contributed by atoms with Crippen LogP contribution < -0.4 is 0 Å². The van der Waals surface area contributed by atoms with Crippen LogP contribution in [0, 0.1) is 0 Å². The van der Waals surface area contributed by atoms with Gasteiger partial charge in [0.1, 0.15) is 0 Å². The summed E-state index contributed by atoms with van der Waals surface area (Å²) in [6, 6.07) is 8.49. The van der Waals surface area contributed by atoms with Gasteiger partial charge in [0, 0.05) is 18.5 Å². The summed E-state index contributed by atoms with van der Waals surface area (Å²) in [4.78, 5) is 17.0. The number of ether oxygens (including phenoxy) is 1. The molecule has 5 nitrogen and oxygen atoms in total. The number of aliphatic hydroxyl groups is 1. The van der Waals surface area contributed by atoms with E-state index in [1.54, 1.807) is 0 Å². The van der Waals surface area contributed by atoms with Gasteiger partial charge in [-0.25, -0.2) is 0 Å². The monoisotopic (exact) mass is 316 g/mol. The van der Waals surface area contributed by atoms with E-state index in [4.69, 9.17) is 4.74 Å². The Balaban J connectivity index is 1.67. The summed E-state index contributed by atoms with van der Waals surface area (Å²) in [5.41, 5.74) is 1.34. The van der Waals surface area contributed by atoms with E-state index in [9.17, 15) is 9.90 Å². The first-order valence-electron chi connectivity index (χ1n) is 8.39. The zero-order chi connectivity index (χ0) is 16.1. The maximum atomic E-state index is 12.8. The molecule has 1 aromatic rings. The second kappa shape index (κ2) is 5.30. The van der Waals surface area contributed by atoms with E-state index in [-0.39, 0.29) is 24.5 Å². The quantitative estimate of drug-likeness (QED) is 0.831. The Hall–Kier alpha value is -1.43. The molecule has 0 aliphatic carbocycles. The number of benzene rings is 1. The van der Waals surface area contributed by atoms with Crippen molar-refractivity contribution in [2.75, 3.05) is 39.9 Å². The minimum absolute atomic E-state index is 0.0258. The lowest BCUT2D eigenvalue weighted by molar-refractivity contribution is -0.202. The van der Waals surface area contributed by atoms with Crippen LogP contribution in [0.1, 0.15) is 24.0 Å². The molecule has 0 bridgehead atoms. The van der Waals surface area contributed by atoms with E-state index >= 15 is 0 Å². The first-order valence-corrected chi connectivity index (χ1v) is 8.39. The van der Waals surface area contributed by atoms with Crippen molar-refractivity contribution in [1.82, 2.24) is 9.80 Å². The summed E-state index contributed by atoms with van der Waals surface area (Å²) < 4.78 is 5.07. The number of carbonyl (C=O) groups is 1. The third kappa shape index (κ3) is 2.38. The molecule has 0 radical (unpaired) electrons. The molecule has 4 rings (SSSR count). The predicted molar refractivity (Wildman–Crippen MR) is 86.0 cm³/mol. The molecule has 5 heteroatoms. The van der Waals surface area contributed by atoms with Crippen LogP contribution in [0.3, 0.4) is 0 Å². The van der Waals surface area contributed by atoms with Crippen molar-refractivity contribution in [1.29, 1.82) is 0 Å². The topological polar surface area (TPSA) is 53.0 Å². The molecule has 0 atom stereocenters. The van der Waals surface area contributed by atoms with Crippen LogP contribution in [0.5, 0.6) is 0 Å². The van der Waals surface area contributed by atoms with Crippen molar-refractivity contribution < 1.29 is 14.6 Å². The van der Waals surface area contributed by atoms with Crippen LogP contribution >= 0.6 is 0 Å². The first kappa shape index (κ1) is 15.1. The molecule has 2 fully saturated rings. The Kier molecular flexibility index (Phi) is 3.48. The molecule has 3 aliphatic rings. The van der Waals surface area contributed by atoms with Crippen LogP contribution in [0.2, 0.25) is 0 Å². The van der Waals surface area contributed by atoms with Crippen molar-refractivity contribution in [3.63, 3.8) is 0 Å². The molecule has 0 aromatic heterocycles. The summed E-state index contributed by atoms with van der Waals surface area (Å²) in [5, 5.41) is 10.4. The van der Waals surface area contributed by atoms with Crippen LogP contribution in [-0.2, 0) is 21.5 Å². The van der Waals surface area contributed by atoms with Gasteiger partial charge in [0.15, 0.2) is 5.60 Å². The van der Waals surface area contributed by atoms with Crippen molar-refractivity contribution >= 4 is 5.91 Å². The van der Waals surface area contributed by atoms with Crippen molar-refractivity contribution in [2.45, 2.75) is 30.4 Å². The van der Waals surface area contributed by atoms with Crippen molar-refractivity contribution in [2.24, 2.45) is 0 Å². The van der Waals surface area contributed by atoms with Crippen LogP contribution in [0.15, 0.2) is 24.3 Å². The Labute approximate surface area is 136 Å². The van der Waals surface area contributed by atoms with Gasteiger partial charge in [-0.1, -0.05) is 24.3 Å². The first-order chi connectivity index (χ1) is 11.0. The summed E-state index contributed by atoms with van der Waals surface area (Å²) >= 11 is 0. The maximum Gasteiger partial charge on any atom is 0.259 e. The molecule has 0 saturated carbocycles. The largest absolute Gasteiger partial charge is 0.376 e. The van der Waals surface area contributed by atoms with Gasteiger partial charge in [0.25, 0.3) is 5.91 Å². The molecule has 124 valence electrons. The molecule has 0 unspecified atom stereocenters. The molecule has 1 spiro atoms. The zero-order valence-corrected chi connectivity index (χ0v) is 13.6. The zero-order valence-electron chi connectivity index (χ0n) is 13.6. The molecule has 23 heavy (non-hydrogen) atoms. The van der Waals surface area contributed by atoms with E-state index in [0.717, 1.165) is 25.9 Å². The number of hydrogen-bond donors (Lipinski definition) is 1. The normalized spacial score (nSPS) is 25.7. The number of hydrogen-bond acceptors (Lipinski definition) is 4.